The number of hydrogen-bond acceptors (Lipinski definition) is 3. The Balaban J connectivity index is 1.85. The molecule has 1 aliphatic carbocycles. The van der Waals surface area contributed by atoms with E-state index < -0.39 is 10.0 Å². The van der Waals surface area contributed by atoms with Crippen LogP contribution in [0.2, 0.25) is 0 Å². The van der Waals surface area contributed by atoms with Gasteiger partial charge in [0, 0.05) is 6.54 Å². The van der Waals surface area contributed by atoms with E-state index in [1.54, 1.807) is 31.4 Å². The van der Waals surface area contributed by atoms with Gasteiger partial charge in [-0.15, -0.1) is 0 Å². The zero-order valence-electron chi connectivity index (χ0n) is 12.7. The molecule has 1 aromatic rings. The first-order valence-electron chi connectivity index (χ1n) is 7.75. The highest BCUT2D eigenvalue weighted by atomic mass is 32.2. The molecule has 2 rings (SSSR count). The molecule has 118 valence electrons. The summed E-state index contributed by atoms with van der Waals surface area (Å²) >= 11 is 0. The number of rotatable bonds is 6. The molecule has 1 fully saturated rings. The van der Waals surface area contributed by atoms with Gasteiger partial charge in [-0.05, 0) is 36.6 Å². The van der Waals surface area contributed by atoms with E-state index in [9.17, 15) is 8.42 Å². The summed E-state index contributed by atoms with van der Waals surface area (Å²) < 4.78 is 32.1. The molecule has 0 aliphatic heterocycles. The number of nitrogens with one attached hydrogen (secondary N) is 1. The minimum absolute atomic E-state index is 0.296. The Morgan fingerprint density at radius 2 is 1.71 bits per heavy atom. The average Bonchev–Trinajstić information content (AvgIpc) is 2.76. The molecule has 4 nitrogen and oxygen atoms in total. The van der Waals surface area contributed by atoms with Gasteiger partial charge in [0.1, 0.15) is 5.75 Å². The number of benzene rings is 1. The summed E-state index contributed by atoms with van der Waals surface area (Å²) in [7, 11) is -1.84. The van der Waals surface area contributed by atoms with Crippen molar-refractivity contribution in [2.45, 2.75) is 49.8 Å². The second-order valence-electron chi connectivity index (χ2n) is 5.72. The third-order valence-corrected chi connectivity index (χ3v) is 5.67. The molecular formula is C16H25NO3S. The third kappa shape index (κ3) is 5.00. The molecule has 0 atom stereocenters. The van der Waals surface area contributed by atoms with E-state index in [0.717, 1.165) is 6.42 Å². The van der Waals surface area contributed by atoms with Crippen molar-refractivity contribution in [2.75, 3.05) is 13.7 Å². The molecule has 0 heterocycles. The molecule has 0 amide bonds. The van der Waals surface area contributed by atoms with Gasteiger partial charge in [-0.3, -0.25) is 0 Å². The van der Waals surface area contributed by atoms with Gasteiger partial charge in [0.05, 0.1) is 12.0 Å². The fourth-order valence-electron chi connectivity index (χ4n) is 2.89. The quantitative estimate of drug-likeness (QED) is 0.820. The average molecular weight is 311 g/mol. The highest BCUT2D eigenvalue weighted by molar-refractivity contribution is 7.89. The topological polar surface area (TPSA) is 55.4 Å². The third-order valence-electron chi connectivity index (χ3n) is 4.19. The van der Waals surface area contributed by atoms with Crippen molar-refractivity contribution in [3.05, 3.63) is 24.3 Å². The van der Waals surface area contributed by atoms with Crippen molar-refractivity contribution in [1.29, 1.82) is 0 Å². The monoisotopic (exact) mass is 311 g/mol. The summed E-state index contributed by atoms with van der Waals surface area (Å²) in [5.74, 6) is 1.33. The lowest BCUT2D eigenvalue weighted by atomic mass is 9.97. The van der Waals surface area contributed by atoms with Crippen molar-refractivity contribution in [3.8, 4) is 5.75 Å². The lowest BCUT2D eigenvalue weighted by Crippen LogP contribution is -2.26. The van der Waals surface area contributed by atoms with Gasteiger partial charge in [-0.1, -0.05) is 38.5 Å². The van der Waals surface area contributed by atoms with Crippen LogP contribution in [-0.4, -0.2) is 22.1 Å². The standard InChI is InChI=1S/C16H25NO3S/c1-20-15-8-10-16(11-9-15)21(18,19)17-13-12-14-6-4-2-3-5-7-14/h8-11,14,17H,2-7,12-13H2,1H3. The Hall–Kier alpha value is -1.07. The van der Waals surface area contributed by atoms with Crippen LogP contribution in [0.5, 0.6) is 5.75 Å². The maximum atomic E-state index is 12.2. The van der Waals surface area contributed by atoms with E-state index >= 15 is 0 Å². The van der Waals surface area contributed by atoms with Gasteiger partial charge in [0.2, 0.25) is 10.0 Å². The van der Waals surface area contributed by atoms with Crippen LogP contribution in [0.4, 0.5) is 0 Å². The molecule has 0 saturated heterocycles. The Kier molecular flexibility index (Phi) is 6.06. The Bertz CT molecular complexity index is 517. The molecule has 0 bridgehead atoms. The first kappa shape index (κ1) is 16.3. The minimum Gasteiger partial charge on any atom is -0.497 e. The maximum absolute atomic E-state index is 12.2. The fraction of sp³-hybridized carbons (Fsp3) is 0.625. The number of ether oxygens (including phenoxy) is 1. The molecule has 21 heavy (non-hydrogen) atoms. The lowest BCUT2D eigenvalue weighted by molar-refractivity contribution is 0.414. The van der Waals surface area contributed by atoms with E-state index in [1.807, 2.05) is 0 Å². The highest BCUT2D eigenvalue weighted by Gasteiger charge is 2.16. The zero-order chi connectivity index (χ0) is 15.1. The van der Waals surface area contributed by atoms with Gasteiger partial charge >= 0.3 is 0 Å². The molecule has 5 heteroatoms. The van der Waals surface area contributed by atoms with E-state index in [2.05, 4.69) is 4.72 Å². The van der Waals surface area contributed by atoms with Crippen LogP contribution in [-0.2, 0) is 10.0 Å². The first-order valence-corrected chi connectivity index (χ1v) is 9.24. The van der Waals surface area contributed by atoms with Gasteiger partial charge in [0.15, 0.2) is 0 Å². The number of methoxy groups -OCH3 is 1. The van der Waals surface area contributed by atoms with Crippen LogP contribution in [0.1, 0.15) is 44.9 Å². The number of sulfonamides is 1. The molecule has 0 spiro atoms. The highest BCUT2D eigenvalue weighted by Crippen LogP contribution is 2.25. The van der Waals surface area contributed by atoms with E-state index in [-0.39, 0.29) is 0 Å². The van der Waals surface area contributed by atoms with Crippen LogP contribution < -0.4 is 9.46 Å². The van der Waals surface area contributed by atoms with Gasteiger partial charge in [-0.2, -0.15) is 0 Å². The largest absolute Gasteiger partial charge is 0.497 e. The summed E-state index contributed by atoms with van der Waals surface area (Å²) in [5.41, 5.74) is 0. The van der Waals surface area contributed by atoms with Crippen LogP contribution in [0.15, 0.2) is 29.2 Å². The summed E-state index contributed by atoms with van der Waals surface area (Å²) in [6.07, 6.45) is 8.65. The summed E-state index contributed by atoms with van der Waals surface area (Å²) in [4.78, 5) is 0.296. The predicted octanol–water partition coefficient (Wildman–Crippen LogP) is 3.33. The number of hydrogen-bond donors (Lipinski definition) is 1. The van der Waals surface area contributed by atoms with E-state index in [0.29, 0.717) is 23.1 Å². The van der Waals surface area contributed by atoms with Crippen LogP contribution in [0, 0.1) is 5.92 Å². The van der Waals surface area contributed by atoms with E-state index in [4.69, 9.17) is 4.74 Å². The van der Waals surface area contributed by atoms with Crippen LogP contribution in [0.3, 0.4) is 0 Å². The van der Waals surface area contributed by atoms with E-state index in [1.165, 1.54) is 38.5 Å². The first-order chi connectivity index (χ1) is 10.1. The molecule has 0 aromatic heterocycles. The van der Waals surface area contributed by atoms with Crippen molar-refractivity contribution < 1.29 is 13.2 Å². The minimum atomic E-state index is -3.40. The second kappa shape index (κ2) is 7.80. The fourth-order valence-corrected chi connectivity index (χ4v) is 3.94. The van der Waals surface area contributed by atoms with Crippen molar-refractivity contribution in [2.24, 2.45) is 5.92 Å². The SMILES string of the molecule is COc1ccc(S(=O)(=O)NCCC2CCCCCC2)cc1. The van der Waals surface area contributed by atoms with Gasteiger partial charge in [0.25, 0.3) is 0 Å². The molecule has 1 N–H and O–H groups in total. The normalized spacial score (nSPS) is 17.4. The maximum Gasteiger partial charge on any atom is 0.240 e. The van der Waals surface area contributed by atoms with Crippen molar-refractivity contribution in [1.82, 2.24) is 4.72 Å². The lowest BCUT2D eigenvalue weighted by Gasteiger charge is -2.14. The smallest absolute Gasteiger partial charge is 0.240 e. The Morgan fingerprint density at radius 3 is 2.29 bits per heavy atom. The van der Waals surface area contributed by atoms with Crippen molar-refractivity contribution in [3.63, 3.8) is 0 Å². The predicted molar refractivity (Wildman–Crippen MR) is 84.0 cm³/mol. The molecule has 0 radical (unpaired) electrons. The Labute approximate surface area is 127 Å². The molecule has 1 aliphatic rings. The van der Waals surface area contributed by atoms with Gasteiger partial charge in [-0.25, -0.2) is 13.1 Å². The molecular weight excluding hydrogens is 286 g/mol. The Morgan fingerprint density at radius 1 is 1.10 bits per heavy atom. The molecule has 1 aromatic carbocycles. The summed E-state index contributed by atoms with van der Waals surface area (Å²) in [6, 6.07) is 6.49. The van der Waals surface area contributed by atoms with Crippen LogP contribution in [0.25, 0.3) is 0 Å². The zero-order valence-corrected chi connectivity index (χ0v) is 13.5. The van der Waals surface area contributed by atoms with Crippen molar-refractivity contribution >= 4 is 10.0 Å². The van der Waals surface area contributed by atoms with Gasteiger partial charge < -0.3 is 4.74 Å². The summed E-state index contributed by atoms with van der Waals surface area (Å²) in [6.45, 7) is 0.527. The molecule has 1 saturated carbocycles. The second-order valence-corrected chi connectivity index (χ2v) is 7.49. The van der Waals surface area contributed by atoms with Crippen LogP contribution >= 0.6 is 0 Å². The summed E-state index contributed by atoms with van der Waals surface area (Å²) in [5, 5.41) is 0. The molecule has 0 unspecified atom stereocenters.